The van der Waals surface area contributed by atoms with Gasteiger partial charge in [-0.1, -0.05) is 0 Å². The van der Waals surface area contributed by atoms with Crippen molar-refractivity contribution in [2.45, 2.75) is 38.5 Å². The third-order valence-corrected chi connectivity index (χ3v) is 4.09. The molecule has 162 valence electrons. The Kier molecular flexibility index (Phi) is 12.1. The van der Waals surface area contributed by atoms with Gasteiger partial charge in [-0.15, -0.1) is 0 Å². The molecule has 12 heteroatoms. The summed E-state index contributed by atoms with van der Waals surface area (Å²) in [4.78, 5) is 4.45. The van der Waals surface area contributed by atoms with Gasteiger partial charge in [0.2, 0.25) is 0 Å². The summed E-state index contributed by atoms with van der Waals surface area (Å²) in [6.45, 7) is 2.75. The Hall–Kier alpha value is -0.950. The normalized spacial score (nSPS) is 23.4. The van der Waals surface area contributed by atoms with Gasteiger partial charge in [-0.2, -0.15) is 16.8 Å². The molecule has 0 amide bonds. The Balaban J connectivity index is 0.000000563. The average Bonchev–Trinajstić information content (AvgIpc) is 3.32. The van der Waals surface area contributed by atoms with E-state index in [9.17, 15) is 16.8 Å². The number of hydrogen-bond acceptors (Lipinski definition) is 6. The fourth-order valence-electron chi connectivity index (χ4n) is 2.50. The first-order valence-electron chi connectivity index (χ1n) is 8.86. The standard InChI is InChI=1S/C13H26N4.2CH4O3S/c14-7-10-1-3-11(4-2-10)8-16-13(15)17-9-12-5-6-12;2*1-5(2,3)4/h10-12H,1-9,14H2,(H3,15,16,17);2*1H3,(H,2,3,4). The monoisotopic (exact) mass is 430 g/mol. The van der Waals surface area contributed by atoms with Crippen molar-refractivity contribution in [1.82, 2.24) is 5.32 Å². The summed E-state index contributed by atoms with van der Waals surface area (Å²) < 4.78 is 51.7. The Morgan fingerprint density at radius 1 is 0.926 bits per heavy atom. The topological polar surface area (TPSA) is 185 Å². The molecule has 2 aliphatic rings. The van der Waals surface area contributed by atoms with Crippen LogP contribution in [0.4, 0.5) is 0 Å². The summed E-state index contributed by atoms with van der Waals surface area (Å²) in [6.07, 6.45) is 9.20. The van der Waals surface area contributed by atoms with E-state index in [2.05, 4.69) is 10.3 Å². The average molecular weight is 431 g/mol. The van der Waals surface area contributed by atoms with Crippen LogP contribution in [-0.2, 0) is 20.2 Å². The van der Waals surface area contributed by atoms with Crippen LogP contribution in [-0.4, -0.2) is 64.0 Å². The Bertz CT molecular complexity index is 593. The Morgan fingerprint density at radius 3 is 1.67 bits per heavy atom. The second-order valence-corrected chi connectivity index (χ2v) is 10.1. The summed E-state index contributed by atoms with van der Waals surface area (Å²) in [7, 11) is -7.33. The number of rotatable bonds is 5. The molecule has 0 heterocycles. The number of hydrogen-bond donors (Lipinski definition) is 5. The SMILES string of the molecule is CS(=O)(=O)O.CS(=O)(=O)O.NCC1CCC(CN=C(N)NCC2CC2)CC1. The van der Waals surface area contributed by atoms with Gasteiger partial charge >= 0.3 is 0 Å². The summed E-state index contributed by atoms with van der Waals surface area (Å²) in [5.74, 6) is 2.96. The summed E-state index contributed by atoms with van der Waals surface area (Å²) in [5, 5.41) is 3.21. The molecular formula is C15H34N4O6S2. The maximum atomic E-state index is 9.19. The van der Waals surface area contributed by atoms with Gasteiger partial charge in [-0.3, -0.25) is 14.1 Å². The number of nitrogens with one attached hydrogen (secondary N) is 1. The molecule has 27 heavy (non-hydrogen) atoms. The van der Waals surface area contributed by atoms with Gasteiger partial charge < -0.3 is 16.8 Å². The van der Waals surface area contributed by atoms with Gasteiger partial charge in [0.1, 0.15) is 0 Å². The third-order valence-electron chi connectivity index (χ3n) is 4.09. The van der Waals surface area contributed by atoms with E-state index in [1.807, 2.05) is 0 Å². The molecule has 0 radical (unpaired) electrons. The fourth-order valence-corrected chi connectivity index (χ4v) is 2.50. The lowest BCUT2D eigenvalue weighted by Crippen LogP contribution is -2.34. The van der Waals surface area contributed by atoms with Crippen molar-refractivity contribution in [3.8, 4) is 0 Å². The fraction of sp³-hybridized carbons (Fsp3) is 0.933. The molecule has 0 atom stereocenters. The Labute approximate surface area is 162 Å². The minimum absolute atomic E-state index is 0.637. The molecule has 0 aromatic rings. The van der Waals surface area contributed by atoms with E-state index in [-0.39, 0.29) is 0 Å². The maximum Gasteiger partial charge on any atom is 0.261 e. The van der Waals surface area contributed by atoms with Crippen LogP contribution in [0, 0.1) is 17.8 Å². The third kappa shape index (κ3) is 23.0. The van der Waals surface area contributed by atoms with E-state index >= 15 is 0 Å². The lowest BCUT2D eigenvalue weighted by atomic mass is 9.82. The molecule has 0 aromatic carbocycles. The minimum atomic E-state index is -3.67. The lowest BCUT2D eigenvalue weighted by Gasteiger charge is -2.26. The molecule has 0 unspecified atom stereocenters. The predicted octanol–water partition coefficient (Wildman–Crippen LogP) is 0.0738. The second-order valence-electron chi connectivity index (χ2n) is 7.14. The van der Waals surface area contributed by atoms with E-state index in [0.717, 1.165) is 37.4 Å². The highest BCUT2D eigenvalue weighted by Crippen LogP contribution is 2.28. The molecule has 0 aromatic heterocycles. The summed E-state index contributed by atoms with van der Waals surface area (Å²) in [6, 6.07) is 0. The summed E-state index contributed by atoms with van der Waals surface area (Å²) in [5.41, 5.74) is 11.5. The van der Waals surface area contributed by atoms with Crippen LogP contribution in [0.15, 0.2) is 4.99 Å². The molecule has 0 spiro atoms. The van der Waals surface area contributed by atoms with Crippen LogP contribution in [0.25, 0.3) is 0 Å². The van der Waals surface area contributed by atoms with Gasteiger partial charge in [0.25, 0.3) is 20.2 Å². The van der Waals surface area contributed by atoms with E-state index in [1.54, 1.807) is 0 Å². The molecule has 2 aliphatic carbocycles. The number of guanidine groups is 1. The maximum absolute atomic E-state index is 9.19. The second kappa shape index (κ2) is 12.5. The van der Waals surface area contributed by atoms with Crippen LogP contribution in [0.1, 0.15) is 38.5 Å². The molecule has 2 rings (SSSR count). The molecule has 7 N–H and O–H groups in total. The predicted molar refractivity (Wildman–Crippen MR) is 107 cm³/mol. The molecule has 0 aliphatic heterocycles. The van der Waals surface area contributed by atoms with Gasteiger partial charge in [0, 0.05) is 13.1 Å². The van der Waals surface area contributed by atoms with Gasteiger partial charge in [-0.25, -0.2) is 0 Å². The van der Waals surface area contributed by atoms with E-state index < -0.39 is 20.2 Å². The van der Waals surface area contributed by atoms with Crippen molar-refractivity contribution in [2.24, 2.45) is 34.2 Å². The molecule has 2 fully saturated rings. The quantitative estimate of drug-likeness (QED) is 0.229. The molecule has 0 bridgehead atoms. The number of nitrogens with zero attached hydrogens (tertiary/aromatic N) is 1. The van der Waals surface area contributed by atoms with E-state index in [1.165, 1.54) is 38.5 Å². The number of nitrogens with two attached hydrogens (primary N) is 2. The van der Waals surface area contributed by atoms with E-state index in [4.69, 9.17) is 20.6 Å². The first-order chi connectivity index (χ1) is 12.3. The molecule has 0 saturated heterocycles. The van der Waals surface area contributed by atoms with Crippen molar-refractivity contribution >= 4 is 26.2 Å². The van der Waals surface area contributed by atoms with Crippen LogP contribution in [0.5, 0.6) is 0 Å². The highest BCUT2D eigenvalue weighted by molar-refractivity contribution is 7.85. The van der Waals surface area contributed by atoms with Crippen LogP contribution < -0.4 is 16.8 Å². The Morgan fingerprint density at radius 2 is 1.30 bits per heavy atom. The zero-order chi connectivity index (χ0) is 21.1. The smallest absolute Gasteiger partial charge is 0.261 e. The zero-order valence-corrected chi connectivity index (χ0v) is 17.7. The molecule has 10 nitrogen and oxygen atoms in total. The zero-order valence-electron chi connectivity index (χ0n) is 16.0. The highest BCUT2D eigenvalue weighted by Gasteiger charge is 2.21. The van der Waals surface area contributed by atoms with E-state index in [0.29, 0.717) is 18.5 Å². The molecular weight excluding hydrogens is 396 g/mol. The number of aliphatic imine (C=N–C) groups is 1. The van der Waals surface area contributed by atoms with Crippen molar-refractivity contribution in [1.29, 1.82) is 0 Å². The highest BCUT2D eigenvalue weighted by atomic mass is 32.2. The van der Waals surface area contributed by atoms with Crippen molar-refractivity contribution in [2.75, 3.05) is 32.1 Å². The lowest BCUT2D eigenvalue weighted by molar-refractivity contribution is 0.285. The molecule has 2 saturated carbocycles. The first-order valence-corrected chi connectivity index (χ1v) is 12.6. The van der Waals surface area contributed by atoms with Crippen LogP contribution in [0.3, 0.4) is 0 Å². The van der Waals surface area contributed by atoms with Crippen molar-refractivity contribution in [3.63, 3.8) is 0 Å². The van der Waals surface area contributed by atoms with Gasteiger partial charge in [0.15, 0.2) is 5.96 Å². The van der Waals surface area contributed by atoms with Gasteiger partial charge in [-0.05, 0) is 62.8 Å². The largest absolute Gasteiger partial charge is 0.370 e. The summed E-state index contributed by atoms with van der Waals surface area (Å²) >= 11 is 0. The van der Waals surface area contributed by atoms with Crippen molar-refractivity contribution < 1.29 is 25.9 Å². The minimum Gasteiger partial charge on any atom is -0.370 e. The van der Waals surface area contributed by atoms with Crippen LogP contribution in [0.2, 0.25) is 0 Å². The van der Waals surface area contributed by atoms with Gasteiger partial charge in [0.05, 0.1) is 12.5 Å². The van der Waals surface area contributed by atoms with Crippen molar-refractivity contribution in [3.05, 3.63) is 0 Å². The van der Waals surface area contributed by atoms with Crippen LogP contribution >= 0.6 is 0 Å². The first kappa shape index (κ1) is 26.1.